The molecule has 0 saturated heterocycles. The first kappa shape index (κ1) is 20.3. The number of benzene rings is 2. The highest BCUT2D eigenvalue weighted by atomic mass is 79.9. The van der Waals surface area contributed by atoms with Gasteiger partial charge in [0.25, 0.3) is 0 Å². The van der Waals surface area contributed by atoms with E-state index in [4.69, 9.17) is 22.1 Å². The van der Waals surface area contributed by atoms with Gasteiger partial charge in [0.15, 0.2) is 0 Å². The number of primary amides is 1. The van der Waals surface area contributed by atoms with Crippen LogP contribution in [0.15, 0.2) is 46.4 Å². The number of carbonyl (C=O) groups excluding carboxylic acids is 2. The van der Waals surface area contributed by atoms with Crippen LogP contribution in [-0.2, 0) is 4.74 Å². The van der Waals surface area contributed by atoms with Gasteiger partial charge in [-0.15, -0.1) is 0 Å². The van der Waals surface area contributed by atoms with Crippen molar-refractivity contribution in [2.45, 2.75) is 26.4 Å². The minimum atomic E-state index is -0.636. The normalized spacial score (nSPS) is 11.7. The van der Waals surface area contributed by atoms with Gasteiger partial charge in [0.2, 0.25) is 5.91 Å². The van der Waals surface area contributed by atoms with E-state index in [1.54, 1.807) is 51.1 Å². The summed E-state index contributed by atoms with van der Waals surface area (Å²) in [6, 6.07) is 8.76. The van der Waals surface area contributed by atoms with E-state index in [1.165, 1.54) is 10.4 Å². The maximum absolute atomic E-state index is 12.7. The fourth-order valence-corrected chi connectivity index (χ4v) is 3.24. The summed E-state index contributed by atoms with van der Waals surface area (Å²) in [6.07, 6.45) is 1.14. The summed E-state index contributed by atoms with van der Waals surface area (Å²) in [7, 11) is 0. The molecule has 7 heteroatoms. The molecule has 2 N–H and O–H groups in total. The van der Waals surface area contributed by atoms with E-state index in [0.29, 0.717) is 21.1 Å². The van der Waals surface area contributed by atoms with Crippen molar-refractivity contribution >= 4 is 56.0 Å². The highest BCUT2D eigenvalue weighted by molar-refractivity contribution is 9.10. The van der Waals surface area contributed by atoms with Crippen molar-refractivity contribution in [3.05, 3.63) is 52.0 Å². The molecule has 0 aliphatic heterocycles. The first-order valence-corrected chi connectivity index (χ1v) is 9.15. The summed E-state index contributed by atoms with van der Waals surface area (Å²) in [5.41, 5.74) is 7.17. The predicted molar refractivity (Wildman–Crippen MR) is 109 cm³/mol. The van der Waals surface area contributed by atoms with Crippen LogP contribution in [0, 0.1) is 0 Å². The Labute approximate surface area is 165 Å². The molecule has 0 aliphatic rings. The van der Waals surface area contributed by atoms with Crippen LogP contribution < -0.4 is 10.6 Å². The number of nitrogens with zero attached hydrogens (tertiary/aromatic N) is 1. The van der Waals surface area contributed by atoms with Gasteiger partial charge in [-0.05, 0) is 59.6 Å². The Balaban J connectivity index is 2.58. The van der Waals surface area contributed by atoms with Crippen LogP contribution in [0.25, 0.3) is 10.8 Å². The van der Waals surface area contributed by atoms with Gasteiger partial charge in [-0.1, -0.05) is 35.9 Å². The lowest BCUT2D eigenvalue weighted by atomic mass is 10.0. The minimum Gasteiger partial charge on any atom is -0.443 e. The van der Waals surface area contributed by atoms with Crippen LogP contribution in [0.3, 0.4) is 0 Å². The molecule has 2 aromatic rings. The number of hydrogen-bond donors (Lipinski definition) is 1. The molecule has 0 heterocycles. The number of anilines is 1. The Morgan fingerprint density at radius 1 is 1.23 bits per heavy atom. The molecular weight excluding hydrogens is 420 g/mol. The standard InChI is InChI=1S/C19H20BrClN2O3/c1-19(2,3)26-18(25)23(11-5-10-21)15-9-8-12-13(16(15)20)6-4-7-14(12)17(22)24/h4-10H,11H2,1-3H3,(H2,22,24)/b10-5+. The monoisotopic (exact) mass is 438 g/mol. The van der Waals surface area contributed by atoms with E-state index in [9.17, 15) is 9.59 Å². The van der Waals surface area contributed by atoms with E-state index in [0.717, 1.165) is 5.39 Å². The third-order valence-corrected chi connectivity index (χ3v) is 4.53. The molecule has 0 aliphatic carbocycles. The number of ether oxygens (including phenoxy) is 1. The van der Waals surface area contributed by atoms with Crippen molar-refractivity contribution in [2.75, 3.05) is 11.4 Å². The van der Waals surface area contributed by atoms with Crippen LogP contribution in [0.1, 0.15) is 31.1 Å². The minimum absolute atomic E-state index is 0.234. The molecule has 26 heavy (non-hydrogen) atoms. The van der Waals surface area contributed by atoms with E-state index in [-0.39, 0.29) is 6.54 Å². The number of carbonyl (C=O) groups is 2. The van der Waals surface area contributed by atoms with Crippen LogP contribution >= 0.6 is 27.5 Å². The molecule has 0 unspecified atom stereocenters. The Kier molecular flexibility index (Phi) is 6.31. The SMILES string of the molecule is CC(C)(C)OC(=O)N(C/C=C/Cl)c1ccc2c(C(N)=O)cccc2c1Br. The van der Waals surface area contributed by atoms with Crippen molar-refractivity contribution < 1.29 is 14.3 Å². The predicted octanol–water partition coefficient (Wildman–Crippen LogP) is 5.20. The first-order chi connectivity index (χ1) is 12.2. The van der Waals surface area contributed by atoms with Crippen molar-refractivity contribution in [3.8, 4) is 0 Å². The number of hydrogen-bond acceptors (Lipinski definition) is 3. The van der Waals surface area contributed by atoms with Crippen molar-refractivity contribution in [1.82, 2.24) is 0 Å². The maximum atomic E-state index is 12.7. The zero-order valence-corrected chi connectivity index (χ0v) is 17.1. The zero-order valence-electron chi connectivity index (χ0n) is 14.8. The third-order valence-electron chi connectivity index (χ3n) is 3.52. The van der Waals surface area contributed by atoms with Gasteiger partial charge in [-0.25, -0.2) is 4.79 Å². The lowest BCUT2D eigenvalue weighted by Gasteiger charge is -2.27. The number of nitrogens with two attached hydrogens (primary N) is 1. The second-order valence-electron chi connectivity index (χ2n) is 6.62. The lowest BCUT2D eigenvalue weighted by Crippen LogP contribution is -2.37. The Bertz CT molecular complexity index is 875. The Morgan fingerprint density at radius 2 is 1.92 bits per heavy atom. The smallest absolute Gasteiger partial charge is 0.415 e. The Hall–Kier alpha value is -2.05. The average Bonchev–Trinajstić information content (AvgIpc) is 2.54. The summed E-state index contributed by atoms with van der Waals surface area (Å²) in [6.45, 7) is 5.64. The summed E-state index contributed by atoms with van der Waals surface area (Å²) in [5.74, 6) is -0.510. The van der Waals surface area contributed by atoms with Crippen LogP contribution in [0.5, 0.6) is 0 Å². The van der Waals surface area contributed by atoms with E-state index < -0.39 is 17.6 Å². The van der Waals surface area contributed by atoms with E-state index in [1.807, 2.05) is 6.07 Å². The van der Waals surface area contributed by atoms with Gasteiger partial charge in [-0.2, -0.15) is 0 Å². The summed E-state index contributed by atoms with van der Waals surface area (Å²) >= 11 is 9.19. The fraction of sp³-hybridized carbons (Fsp3) is 0.263. The number of rotatable bonds is 4. The van der Waals surface area contributed by atoms with Crippen LogP contribution in [-0.4, -0.2) is 24.1 Å². The summed E-state index contributed by atoms with van der Waals surface area (Å²) in [5, 5.41) is 1.47. The first-order valence-electron chi connectivity index (χ1n) is 7.92. The van der Waals surface area contributed by atoms with Crippen molar-refractivity contribution in [1.29, 1.82) is 0 Å². The third kappa shape index (κ3) is 4.56. The molecule has 2 aromatic carbocycles. The molecule has 138 valence electrons. The van der Waals surface area contributed by atoms with Gasteiger partial charge >= 0.3 is 6.09 Å². The largest absolute Gasteiger partial charge is 0.443 e. The maximum Gasteiger partial charge on any atom is 0.415 e. The highest BCUT2D eigenvalue weighted by Gasteiger charge is 2.25. The van der Waals surface area contributed by atoms with Gasteiger partial charge in [0.05, 0.1) is 5.69 Å². The molecule has 0 fully saturated rings. The van der Waals surface area contributed by atoms with E-state index >= 15 is 0 Å². The molecular formula is C19H20BrClN2O3. The fourth-order valence-electron chi connectivity index (χ4n) is 2.47. The van der Waals surface area contributed by atoms with Crippen molar-refractivity contribution in [2.24, 2.45) is 5.73 Å². The average molecular weight is 440 g/mol. The van der Waals surface area contributed by atoms with Crippen molar-refractivity contribution in [3.63, 3.8) is 0 Å². The molecule has 0 spiro atoms. The zero-order chi connectivity index (χ0) is 19.5. The molecule has 0 radical (unpaired) electrons. The topological polar surface area (TPSA) is 72.6 Å². The quantitative estimate of drug-likeness (QED) is 0.712. The molecule has 0 atom stereocenters. The summed E-state index contributed by atoms with van der Waals surface area (Å²) in [4.78, 5) is 25.8. The van der Waals surface area contributed by atoms with E-state index in [2.05, 4.69) is 15.9 Å². The highest BCUT2D eigenvalue weighted by Crippen LogP contribution is 2.36. The van der Waals surface area contributed by atoms with Crippen LogP contribution in [0.2, 0.25) is 0 Å². The molecule has 0 bridgehead atoms. The van der Waals surface area contributed by atoms with Gasteiger partial charge < -0.3 is 10.5 Å². The van der Waals surface area contributed by atoms with Gasteiger partial charge in [0.1, 0.15) is 5.60 Å². The second-order valence-corrected chi connectivity index (χ2v) is 7.66. The molecule has 2 amide bonds. The van der Waals surface area contributed by atoms with Gasteiger partial charge in [0, 0.05) is 22.1 Å². The second kappa shape index (κ2) is 8.10. The van der Waals surface area contributed by atoms with Gasteiger partial charge in [-0.3, -0.25) is 9.69 Å². The molecule has 5 nitrogen and oxygen atoms in total. The Morgan fingerprint density at radius 3 is 2.50 bits per heavy atom. The molecule has 0 aromatic heterocycles. The van der Waals surface area contributed by atoms with Crippen LogP contribution in [0.4, 0.5) is 10.5 Å². The number of amides is 2. The molecule has 2 rings (SSSR count). The number of halogens is 2. The lowest BCUT2D eigenvalue weighted by molar-refractivity contribution is 0.0584. The molecule has 0 saturated carbocycles. The number of fused-ring (bicyclic) bond motifs is 1. The summed E-state index contributed by atoms with van der Waals surface area (Å²) < 4.78 is 6.15.